The number of hydrogen-bond donors (Lipinski definition) is 1. The van der Waals surface area contributed by atoms with Crippen LogP contribution in [0, 0.1) is 11.8 Å². The van der Waals surface area contributed by atoms with Gasteiger partial charge in [0.2, 0.25) is 5.88 Å². The quantitative estimate of drug-likeness (QED) is 0.887. The summed E-state index contributed by atoms with van der Waals surface area (Å²) in [5.41, 5.74) is 6.88. The zero-order valence-corrected chi connectivity index (χ0v) is 12.0. The highest BCUT2D eigenvalue weighted by molar-refractivity contribution is 5.16. The van der Waals surface area contributed by atoms with Crippen LogP contribution < -0.4 is 10.5 Å². The van der Waals surface area contributed by atoms with E-state index in [1.165, 1.54) is 25.7 Å². The van der Waals surface area contributed by atoms with Crippen LogP contribution in [0.25, 0.3) is 0 Å². The molecule has 0 bridgehead atoms. The van der Waals surface area contributed by atoms with Crippen molar-refractivity contribution in [2.24, 2.45) is 17.6 Å². The minimum absolute atomic E-state index is 0.400. The molecule has 2 rings (SSSR count). The Morgan fingerprint density at radius 3 is 2.68 bits per heavy atom. The minimum Gasteiger partial charge on any atom is -0.477 e. The number of aromatic nitrogens is 2. The van der Waals surface area contributed by atoms with Crippen LogP contribution in [0.15, 0.2) is 12.4 Å². The SMILES string of the molecule is CC(C)c1cc(OCC2CCCCC2CN)ncn1. The molecule has 1 aromatic heterocycles. The topological polar surface area (TPSA) is 61.0 Å². The summed E-state index contributed by atoms with van der Waals surface area (Å²) in [5.74, 6) is 2.29. The fraction of sp³-hybridized carbons (Fsp3) is 0.733. The van der Waals surface area contributed by atoms with E-state index in [-0.39, 0.29) is 0 Å². The molecule has 1 heterocycles. The van der Waals surface area contributed by atoms with Crippen LogP contribution >= 0.6 is 0 Å². The van der Waals surface area contributed by atoms with Crippen molar-refractivity contribution in [2.75, 3.05) is 13.2 Å². The van der Waals surface area contributed by atoms with E-state index in [0.29, 0.717) is 23.6 Å². The van der Waals surface area contributed by atoms with Crippen molar-refractivity contribution in [3.05, 3.63) is 18.1 Å². The molecule has 1 aromatic rings. The normalized spacial score (nSPS) is 23.6. The van der Waals surface area contributed by atoms with E-state index in [0.717, 1.165) is 18.8 Å². The molecule has 1 fully saturated rings. The summed E-state index contributed by atoms with van der Waals surface area (Å²) >= 11 is 0. The Bertz CT molecular complexity index is 395. The first-order chi connectivity index (χ1) is 9.20. The van der Waals surface area contributed by atoms with Gasteiger partial charge in [-0.2, -0.15) is 0 Å². The van der Waals surface area contributed by atoms with Gasteiger partial charge in [-0.05, 0) is 37.1 Å². The maximum Gasteiger partial charge on any atom is 0.216 e. The van der Waals surface area contributed by atoms with E-state index in [1.54, 1.807) is 6.33 Å². The molecule has 4 heteroatoms. The van der Waals surface area contributed by atoms with E-state index < -0.39 is 0 Å². The Morgan fingerprint density at radius 2 is 2.00 bits per heavy atom. The number of rotatable bonds is 5. The zero-order chi connectivity index (χ0) is 13.7. The molecule has 2 N–H and O–H groups in total. The summed E-state index contributed by atoms with van der Waals surface area (Å²) in [6, 6.07) is 1.95. The standard InChI is InChI=1S/C15H25N3O/c1-11(2)14-7-15(18-10-17-14)19-9-13-6-4-3-5-12(13)8-16/h7,10-13H,3-6,8-9,16H2,1-2H3. The fourth-order valence-corrected chi connectivity index (χ4v) is 2.75. The third-order valence-corrected chi connectivity index (χ3v) is 4.07. The molecular formula is C15H25N3O. The third kappa shape index (κ3) is 3.90. The molecule has 1 saturated carbocycles. The molecule has 2 atom stereocenters. The first-order valence-electron chi connectivity index (χ1n) is 7.35. The number of ether oxygens (including phenoxy) is 1. The molecule has 4 nitrogen and oxygen atoms in total. The van der Waals surface area contributed by atoms with Crippen molar-refractivity contribution in [1.29, 1.82) is 0 Å². The van der Waals surface area contributed by atoms with Gasteiger partial charge in [-0.25, -0.2) is 9.97 Å². The van der Waals surface area contributed by atoms with Gasteiger partial charge in [0.05, 0.1) is 12.3 Å². The highest BCUT2D eigenvalue weighted by Crippen LogP contribution is 2.29. The molecule has 106 valence electrons. The maximum absolute atomic E-state index is 5.86. The Morgan fingerprint density at radius 1 is 1.26 bits per heavy atom. The molecule has 0 aliphatic heterocycles. The Kier molecular flexibility index (Phi) is 5.14. The van der Waals surface area contributed by atoms with Gasteiger partial charge in [-0.15, -0.1) is 0 Å². The largest absolute Gasteiger partial charge is 0.477 e. The summed E-state index contributed by atoms with van der Waals surface area (Å²) in [4.78, 5) is 8.45. The first kappa shape index (κ1) is 14.3. The second-order valence-electron chi connectivity index (χ2n) is 5.79. The third-order valence-electron chi connectivity index (χ3n) is 4.07. The lowest BCUT2D eigenvalue weighted by Crippen LogP contribution is -2.30. The van der Waals surface area contributed by atoms with Crippen molar-refractivity contribution in [3.63, 3.8) is 0 Å². The Hall–Kier alpha value is -1.16. The van der Waals surface area contributed by atoms with Crippen LogP contribution in [0.4, 0.5) is 0 Å². The fourth-order valence-electron chi connectivity index (χ4n) is 2.75. The van der Waals surface area contributed by atoms with E-state index in [4.69, 9.17) is 10.5 Å². The monoisotopic (exact) mass is 263 g/mol. The summed E-state index contributed by atoms with van der Waals surface area (Å²) < 4.78 is 5.86. The molecule has 0 spiro atoms. The second kappa shape index (κ2) is 6.85. The van der Waals surface area contributed by atoms with E-state index in [1.807, 2.05) is 6.07 Å². The van der Waals surface area contributed by atoms with E-state index >= 15 is 0 Å². The maximum atomic E-state index is 5.86. The predicted octanol–water partition coefficient (Wildman–Crippen LogP) is 2.74. The van der Waals surface area contributed by atoms with Crippen LogP contribution in [0.2, 0.25) is 0 Å². The Labute approximate surface area is 115 Å². The molecule has 0 aromatic carbocycles. The van der Waals surface area contributed by atoms with Crippen molar-refractivity contribution in [1.82, 2.24) is 9.97 Å². The minimum atomic E-state index is 0.400. The molecule has 1 aliphatic rings. The molecule has 1 aliphatic carbocycles. The van der Waals surface area contributed by atoms with Gasteiger partial charge in [0.1, 0.15) is 6.33 Å². The highest BCUT2D eigenvalue weighted by atomic mass is 16.5. The van der Waals surface area contributed by atoms with Crippen molar-refractivity contribution >= 4 is 0 Å². The van der Waals surface area contributed by atoms with Crippen molar-refractivity contribution in [2.45, 2.75) is 45.4 Å². The van der Waals surface area contributed by atoms with Crippen LogP contribution in [0.1, 0.15) is 51.1 Å². The van der Waals surface area contributed by atoms with Gasteiger partial charge < -0.3 is 10.5 Å². The van der Waals surface area contributed by atoms with Gasteiger partial charge in [0, 0.05) is 6.07 Å². The van der Waals surface area contributed by atoms with Crippen LogP contribution in [-0.2, 0) is 0 Å². The van der Waals surface area contributed by atoms with Crippen molar-refractivity contribution < 1.29 is 4.74 Å². The van der Waals surface area contributed by atoms with Crippen molar-refractivity contribution in [3.8, 4) is 5.88 Å². The van der Waals surface area contributed by atoms with Gasteiger partial charge >= 0.3 is 0 Å². The molecule has 0 radical (unpaired) electrons. The molecule has 0 saturated heterocycles. The van der Waals surface area contributed by atoms with Gasteiger partial charge in [-0.1, -0.05) is 26.7 Å². The summed E-state index contributed by atoms with van der Waals surface area (Å²) in [5, 5.41) is 0. The second-order valence-corrected chi connectivity index (χ2v) is 5.79. The molecular weight excluding hydrogens is 238 g/mol. The van der Waals surface area contributed by atoms with Gasteiger partial charge in [0.25, 0.3) is 0 Å². The zero-order valence-electron chi connectivity index (χ0n) is 12.0. The molecule has 2 unspecified atom stereocenters. The average molecular weight is 263 g/mol. The summed E-state index contributed by atoms with van der Waals surface area (Å²) in [6.45, 7) is 5.75. The predicted molar refractivity (Wildman–Crippen MR) is 76.1 cm³/mol. The molecule has 0 amide bonds. The highest BCUT2D eigenvalue weighted by Gasteiger charge is 2.24. The lowest BCUT2D eigenvalue weighted by molar-refractivity contribution is 0.149. The molecule has 19 heavy (non-hydrogen) atoms. The first-order valence-corrected chi connectivity index (χ1v) is 7.35. The van der Waals surface area contributed by atoms with E-state index in [2.05, 4.69) is 23.8 Å². The van der Waals surface area contributed by atoms with Gasteiger partial charge in [-0.3, -0.25) is 0 Å². The Balaban J connectivity index is 1.92. The van der Waals surface area contributed by atoms with Crippen LogP contribution in [-0.4, -0.2) is 23.1 Å². The number of nitrogens with two attached hydrogens (primary N) is 1. The van der Waals surface area contributed by atoms with Crippen LogP contribution in [0.5, 0.6) is 5.88 Å². The smallest absolute Gasteiger partial charge is 0.216 e. The van der Waals surface area contributed by atoms with Gasteiger partial charge in [0.15, 0.2) is 0 Å². The summed E-state index contributed by atoms with van der Waals surface area (Å²) in [6.07, 6.45) is 6.66. The summed E-state index contributed by atoms with van der Waals surface area (Å²) in [7, 11) is 0. The number of nitrogens with zero attached hydrogens (tertiary/aromatic N) is 2. The number of hydrogen-bond acceptors (Lipinski definition) is 4. The average Bonchev–Trinajstić information content (AvgIpc) is 2.45. The lowest BCUT2D eigenvalue weighted by atomic mass is 9.80. The van der Waals surface area contributed by atoms with Crippen LogP contribution in [0.3, 0.4) is 0 Å². The van der Waals surface area contributed by atoms with E-state index in [9.17, 15) is 0 Å². The lowest BCUT2D eigenvalue weighted by Gasteiger charge is -2.30.